The van der Waals surface area contributed by atoms with Crippen molar-refractivity contribution >= 4 is 49.1 Å². The first-order valence-electron chi connectivity index (χ1n) is 9.22. The van der Waals surface area contributed by atoms with Crippen LogP contribution in [0.15, 0.2) is 66.7 Å². The van der Waals surface area contributed by atoms with Gasteiger partial charge in [0.25, 0.3) is 0 Å². The number of hydrogen-bond donors (Lipinski definition) is 2. The van der Waals surface area contributed by atoms with Gasteiger partial charge in [-0.25, -0.2) is 8.42 Å². The number of nitrogens with zero attached hydrogens (tertiary/aromatic N) is 1. The maximum atomic E-state index is 11.7. The standard InChI is InChI=1S/C22H21ClN2O3S/c1-29(27,28)24-20-11-10-16(23)12-15(20)13-17(26)14-25-21-8-4-2-6-18(21)19-7-3-5-9-22(19)25/h2-12,17,24,26H,13-14H2,1H3. The Kier molecular flexibility index (Phi) is 5.25. The lowest BCUT2D eigenvalue weighted by atomic mass is 10.1. The van der Waals surface area contributed by atoms with Crippen LogP contribution in [0.1, 0.15) is 5.56 Å². The van der Waals surface area contributed by atoms with E-state index in [0.717, 1.165) is 28.1 Å². The van der Waals surface area contributed by atoms with E-state index in [1.54, 1.807) is 18.2 Å². The summed E-state index contributed by atoms with van der Waals surface area (Å²) in [6.07, 6.45) is 0.631. The zero-order valence-corrected chi connectivity index (χ0v) is 17.4. The van der Waals surface area contributed by atoms with E-state index >= 15 is 0 Å². The topological polar surface area (TPSA) is 71.3 Å². The number of aliphatic hydroxyl groups is 1. The van der Waals surface area contributed by atoms with Crippen LogP contribution in [0.4, 0.5) is 5.69 Å². The Morgan fingerprint density at radius 2 is 1.59 bits per heavy atom. The average molecular weight is 429 g/mol. The third-order valence-electron chi connectivity index (χ3n) is 4.89. The zero-order valence-electron chi connectivity index (χ0n) is 15.8. The Morgan fingerprint density at radius 1 is 1.00 bits per heavy atom. The van der Waals surface area contributed by atoms with Crippen molar-refractivity contribution in [2.75, 3.05) is 11.0 Å². The maximum Gasteiger partial charge on any atom is 0.229 e. The number of aliphatic hydroxyl groups excluding tert-OH is 1. The number of benzene rings is 3. The van der Waals surface area contributed by atoms with Gasteiger partial charge in [0.1, 0.15) is 0 Å². The molecule has 0 fully saturated rings. The van der Waals surface area contributed by atoms with Gasteiger partial charge in [-0.05, 0) is 35.9 Å². The highest BCUT2D eigenvalue weighted by Gasteiger charge is 2.16. The molecule has 0 aliphatic rings. The molecule has 29 heavy (non-hydrogen) atoms. The predicted molar refractivity (Wildman–Crippen MR) is 119 cm³/mol. The molecule has 0 aliphatic carbocycles. The molecule has 4 rings (SSSR count). The summed E-state index contributed by atoms with van der Waals surface area (Å²) in [5.74, 6) is 0. The van der Waals surface area contributed by atoms with Crippen molar-refractivity contribution in [2.45, 2.75) is 19.1 Å². The largest absolute Gasteiger partial charge is 0.391 e. The highest BCUT2D eigenvalue weighted by atomic mass is 35.5. The fraction of sp³-hybridized carbons (Fsp3) is 0.182. The van der Waals surface area contributed by atoms with Gasteiger partial charge in [0.2, 0.25) is 10.0 Å². The second kappa shape index (κ2) is 7.71. The predicted octanol–water partition coefficient (Wildman–Crippen LogP) is 4.42. The molecule has 150 valence electrons. The van der Waals surface area contributed by atoms with E-state index in [1.807, 2.05) is 36.4 Å². The van der Waals surface area contributed by atoms with Gasteiger partial charge in [0.05, 0.1) is 18.0 Å². The molecule has 5 nitrogen and oxygen atoms in total. The van der Waals surface area contributed by atoms with E-state index in [-0.39, 0.29) is 6.42 Å². The SMILES string of the molecule is CS(=O)(=O)Nc1ccc(Cl)cc1CC(O)Cn1c2ccccc2c2ccccc21. The van der Waals surface area contributed by atoms with Crippen LogP contribution < -0.4 is 4.72 Å². The fourth-order valence-corrected chi connectivity index (χ4v) is 4.55. The van der Waals surface area contributed by atoms with Crippen molar-refractivity contribution in [3.05, 3.63) is 77.3 Å². The van der Waals surface area contributed by atoms with Gasteiger partial charge in [-0.3, -0.25) is 4.72 Å². The molecule has 7 heteroatoms. The quantitative estimate of drug-likeness (QED) is 0.477. The lowest BCUT2D eigenvalue weighted by Crippen LogP contribution is -2.20. The van der Waals surface area contributed by atoms with E-state index in [2.05, 4.69) is 21.4 Å². The summed E-state index contributed by atoms with van der Waals surface area (Å²) in [4.78, 5) is 0. The zero-order chi connectivity index (χ0) is 20.6. The molecule has 4 aromatic rings. The molecular weight excluding hydrogens is 408 g/mol. The van der Waals surface area contributed by atoms with Crippen LogP contribution in [0.5, 0.6) is 0 Å². The molecule has 0 saturated heterocycles. The molecule has 0 bridgehead atoms. The summed E-state index contributed by atoms with van der Waals surface area (Å²) in [5.41, 5.74) is 3.18. The summed E-state index contributed by atoms with van der Waals surface area (Å²) in [6.45, 7) is 0.374. The number of sulfonamides is 1. The average Bonchev–Trinajstić information content (AvgIpc) is 2.97. The second-order valence-electron chi connectivity index (χ2n) is 7.18. The summed E-state index contributed by atoms with van der Waals surface area (Å²) in [6, 6.07) is 21.1. The maximum absolute atomic E-state index is 11.7. The van der Waals surface area contributed by atoms with Crippen LogP contribution in [0.2, 0.25) is 5.02 Å². The Bertz CT molecular complexity index is 1240. The van der Waals surface area contributed by atoms with Gasteiger partial charge in [0.15, 0.2) is 0 Å². The number of nitrogens with one attached hydrogen (secondary N) is 1. The number of hydrogen-bond acceptors (Lipinski definition) is 3. The number of para-hydroxylation sites is 2. The van der Waals surface area contributed by atoms with Gasteiger partial charge in [-0.2, -0.15) is 0 Å². The molecule has 3 aromatic carbocycles. The lowest BCUT2D eigenvalue weighted by Gasteiger charge is -2.17. The van der Waals surface area contributed by atoms with Crippen LogP contribution in [-0.4, -0.2) is 30.5 Å². The van der Waals surface area contributed by atoms with E-state index in [0.29, 0.717) is 22.8 Å². The highest BCUT2D eigenvalue weighted by molar-refractivity contribution is 7.92. The molecule has 1 aromatic heterocycles. The van der Waals surface area contributed by atoms with E-state index < -0.39 is 16.1 Å². The summed E-state index contributed by atoms with van der Waals surface area (Å²) in [7, 11) is -3.44. The monoisotopic (exact) mass is 428 g/mol. The van der Waals surface area contributed by atoms with Gasteiger partial charge in [-0.1, -0.05) is 48.0 Å². The van der Waals surface area contributed by atoms with Crippen LogP contribution in [0, 0.1) is 0 Å². The van der Waals surface area contributed by atoms with Gasteiger partial charge in [-0.15, -0.1) is 0 Å². The van der Waals surface area contributed by atoms with Crippen molar-refractivity contribution in [3.8, 4) is 0 Å². The number of rotatable bonds is 6. The smallest absolute Gasteiger partial charge is 0.229 e. The summed E-state index contributed by atoms with van der Waals surface area (Å²) >= 11 is 6.11. The Balaban J connectivity index is 1.68. The van der Waals surface area contributed by atoms with Gasteiger partial charge < -0.3 is 9.67 Å². The Morgan fingerprint density at radius 3 is 2.17 bits per heavy atom. The Hall–Kier alpha value is -2.54. The molecule has 0 aliphatic heterocycles. The first kappa shape index (κ1) is 19.8. The van der Waals surface area contributed by atoms with Crippen LogP contribution >= 0.6 is 11.6 Å². The molecule has 0 saturated carbocycles. The normalized spacial score (nSPS) is 13.1. The summed E-state index contributed by atoms with van der Waals surface area (Å²) < 4.78 is 27.9. The molecule has 2 N–H and O–H groups in total. The van der Waals surface area contributed by atoms with Crippen molar-refractivity contribution in [1.82, 2.24) is 4.57 Å². The second-order valence-corrected chi connectivity index (χ2v) is 9.36. The van der Waals surface area contributed by atoms with Gasteiger partial charge >= 0.3 is 0 Å². The number of halogens is 1. The molecule has 0 radical (unpaired) electrons. The highest BCUT2D eigenvalue weighted by Crippen LogP contribution is 2.30. The van der Waals surface area contributed by atoms with E-state index in [1.165, 1.54) is 0 Å². The van der Waals surface area contributed by atoms with E-state index in [9.17, 15) is 13.5 Å². The van der Waals surface area contributed by atoms with E-state index in [4.69, 9.17) is 11.6 Å². The molecule has 0 spiro atoms. The third-order valence-corrected chi connectivity index (χ3v) is 5.72. The number of aromatic nitrogens is 1. The fourth-order valence-electron chi connectivity index (χ4n) is 3.76. The van der Waals surface area contributed by atoms with Gasteiger partial charge in [0, 0.05) is 39.8 Å². The minimum atomic E-state index is -3.44. The molecular formula is C22H21ClN2O3S. The van der Waals surface area contributed by atoms with Crippen LogP contribution in [0.25, 0.3) is 21.8 Å². The molecule has 1 heterocycles. The third kappa shape index (κ3) is 4.24. The first-order valence-corrected chi connectivity index (χ1v) is 11.5. The van der Waals surface area contributed by atoms with Crippen molar-refractivity contribution < 1.29 is 13.5 Å². The van der Waals surface area contributed by atoms with Crippen molar-refractivity contribution in [3.63, 3.8) is 0 Å². The van der Waals surface area contributed by atoms with Crippen LogP contribution in [-0.2, 0) is 23.0 Å². The van der Waals surface area contributed by atoms with Crippen molar-refractivity contribution in [1.29, 1.82) is 0 Å². The Labute approximate surface area is 174 Å². The summed E-state index contributed by atoms with van der Waals surface area (Å²) in [5, 5.41) is 13.6. The minimum Gasteiger partial charge on any atom is -0.391 e. The number of fused-ring (bicyclic) bond motifs is 3. The molecule has 0 amide bonds. The molecule has 1 unspecified atom stereocenters. The van der Waals surface area contributed by atoms with Crippen molar-refractivity contribution in [2.24, 2.45) is 0 Å². The molecule has 1 atom stereocenters. The lowest BCUT2D eigenvalue weighted by molar-refractivity contribution is 0.157. The van der Waals surface area contributed by atoms with Crippen LogP contribution in [0.3, 0.4) is 0 Å². The first-order chi connectivity index (χ1) is 13.8. The minimum absolute atomic E-state index is 0.263. The number of anilines is 1.